The molecule has 2 atom stereocenters. The second kappa shape index (κ2) is 1.98. The summed E-state index contributed by atoms with van der Waals surface area (Å²) in [7, 11) is 0. The zero-order valence-corrected chi connectivity index (χ0v) is 7.58. The zero-order valence-electron chi connectivity index (χ0n) is 20.6. The van der Waals surface area contributed by atoms with Gasteiger partial charge in [-0.1, -0.05) is 13.8 Å². The molecule has 13 heavy (non-hydrogen) atoms. The Labute approximate surface area is 99.3 Å². The van der Waals surface area contributed by atoms with Crippen molar-refractivity contribution in [1.29, 1.82) is 0 Å². The molecule has 4 aliphatic carbocycles. The first-order valence-corrected chi connectivity index (χ1v) is 4.29. The van der Waals surface area contributed by atoms with Crippen LogP contribution in [0.2, 0.25) is 0 Å². The van der Waals surface area contributed by atoms with Crippen LogP contribution in [0.15, 0.2) is 0 Å². The van der Waals surface area contributed by atoms with Crippen molar-refractivity contribution in [3.05, 3.63) is 0 Å². The molecule has 0 radical (unpaired) electrons. The molecule has 2 unspecified atom stereocenters. The highest BCUT2D eigenvalue weighted by Crippen LogP contribution is 2.65. The summed E-state index contributed by atoms with van der Waals surface area (Å²) in [5.74, 6) is -3.35. The van der Waals surface area contributed by atoms with E-state index in [9.17, 15) is 0 Å². The lowest BCUT2D eigenvalue weighted by Gasteiger charge is -2.64. The largest absolute Gasteiger partial charge is 0.325 e. The van der Waals surface area contributed by atoms with Crippen molar-refractivity contribution in [3.8, 4) is 0 Å². The molecule has 0 aliphatic heterocycles. The Balaban J connectivity index is 2.71. The first-order valence-electron chi connectivity index (χ1n) is 10.8. The minimum atomic E-state index is -3.49. The number of hydrogen-bond donors (Lipinski definition) is 1. The first kappa shape index (κ1) is 2.37. The minimum absolute atomic E-state index is 0.843. The van der Waals surface area contributed by atoms with Gasteiger partial charge in [-0.3, -0.25) is 0 Å². The quantitative estimate of drug-likeness (QED) is 0.627. The van der Waals surface area contributed by atoms with Gasteiger partial charge in [-0.05, 0) is 55.0 Å². The Morgan fingerprint density at radius 3 is 2.23 bits per heavy atom. The average molecular weight is 192 g/mol. The predicted octanol–water partition coefficient (Wildman–Crippen LogP) is 2.69. The molecule has 0 aromatic carbocycles. The van der Waals surface area contributed by atoms with E-state index >= 15 is 0 Å². The molecule has 0 heterocycles. The van der Waals surface area contributed by atoms with Crippen LogP contribution in [0.3, 0.4) is 0 Å². The minimum Gasteiger partial charge on any atom is -0.325 e. The molecular formula is C12H21N. The van der Waals surface area contributed by atoms with Gasteiger partial charge in [0.05, 0.1) is 0 Å². The van der Waals surface area contributed by atoms with E-state index in [-0.39, 0.29) is 0 Å². The van der Waals surface area contributed by atoms with Gasteiger partial charge >= 0.3 is 0 Å². The molecule has 4 bridgehead atoms. The molecule has 0 aromatic rings. The summed E-state index contributed by atoms with van der Waals surface area (Å²) in [6, 6.07) is 0. The summed E-state index contributed by atoms with van der Waals surface area (Å²) >= 11 is 0. The van der Waals surface area contributed by atoms with Crippen LogP contribution in [-0.4, -0.2) is 5.54 Å². The lowest BCUT2D eigenvalue weighted by molar-refractivity contribution is -0.104. The summed E-state index contributed by atoms with van der Waals surface area (Å²) in [4.78, 5) is 0. The van der Waals surface area contributed by atoms with Gasteiger partial charge in [-0.2, -0.15) is 0 Å². The van der Waals surface area contributed by atoms with Crippen LogP contribution < -0.4 is 5.73 Å². The summed E-state index contributed by atoms with van der Waals surface area (Å²) in [5.41, 5.74) is -2.72. The van der Waals surface area contributed by atoms with Gasteiger partial charge in [0.2, 0.25) is 0 Å². The molecule has 4 rings (SSSR count). The molecule has 4 fully saturated rings. The fourth-order valence-corrected chi connectivity index (χ4v) is 2.36. The Kier molecular flexibility index (Phi) is 0.361. The highest BCUT2D eigenvalue weighted by Gasteiger charge is 2.58. The van der Waals surface area contributed by atoms with Crippen molar-refractivity contribution >= 4 is 0 Å². The molecule has 0 amide bonds. The second-order valence-corrected chi connectivity index (χ2v) is 4.18. The van der Waals surface area contributed by atoms with E-state index in [1.807, 2.05) is 0 Å². The summed E-state index contributed by atoms with van der Waals surface area (Å²) in [5, 5.41) is 0. The van der Waals surface area contributed by atoms with Crippen molar-refractivity contribution in [2.45, 2.75) is 57.6 Å². The van der Waals surface area contributed by atoms with Crippen molar-refractivity contribution in [1.82, 2.24) is 0 Å². The van der Waals surface area contributed by atoms with E-state index in [4.69, 9.17) is 23.6 Å². The topological polar surface area (TPSA) is 26.0 Å². The van der Waals surface area contributed by atoms with Crippen LogP contribution >= 0.6 is 0 Å². The van der Waals surface area contributed by atoms with Gasteiger partial charge in [0.25, 0.3) is 0 Å². The molecule has 1 nitrogen and oxygen atoms in total. The average Bonchev–Trinajstić information content (AvgIpc) is 2.46. The van der Waals surface area contributed by atoms with Gasteiger partial charge in [-0.25, -0.2) is 0 Å². The van der Waals surface area contributed by atoms with E-state index < -0.39 is 60.5 Å². The van der Waals surface area contributed by atoms with E-state index in [1.54, 1.807) is 0 Å². The van der Waals surface area contributed by atoms with Gasteiger partial charge in [0.1, 0.15) is 0 Å². The second-order valence-electron chi connectivity index (χ2n) is 4.18. The Hall–Kier alpha value is -0.0400. The SMILES string of the molecule is [2H]C1([2H])C2([2H])C([2H])([2H])C3(C)C([2H])([2H])C1(C)C([2H])([2H])C(N)(C2([2H])[2H])C3([2H])[2H]. The molecular weight excluding hydrogens is 158 g/mol. The normalized spacial score (nSPS) is 108. The van der Waals surface area contributed by atoms with Crippen molar-refractivity contribution in [3.63, 3.8) is 0 Å². The smallest absolute Gasteiger partial charge is 0.0304 e. The summed E-state index contributed by atoms with van der Waals surface area (Å²) < 4.78 is 110. The molecule has 74 valence electrons. The monoisotopic (exact) mass is 192 g/mol. The Bertz CT molecular complexity index is 513. The molecule has 1 heteroatoms. The number of hydrogen-bond acceptors (Lipinski definition) is 1. The van der Waals surface area contributed by atoms with Crippen LogP contribution in [0, 0.1) is 16.7 Å². The standard InChI is InChI=1S/C12H21N/c1-10-3-9-4-11(2,6-10)8-12(13,5-9)7-10/h9H,3-8,13H2,1-2H3/i3D2,4D2,5D2,6D2,7D2,8D2,9D. The van der Waals surface area contributed by atoms with E-state index in [2.05, 4.69) is 0 Å². The maximum absolute atomic E-state index is 8.62. The first-order chi connectivity index (χ1) is 11.0. The molecule has 0 saturated heterocycles. The van der Waals surface area contributed by atoms with Crippen molar-refractivity contribution < 1.29 is 17.8 Å². The van der Waals surface area contributed by atoms with E-state index in [0.29, 0.717) is 0 Å². The number of rotatable bonds is 0. The fraction of sp³-hybridized carbons (Fsp3) is 1.00. The Morgan fingerprint density at radius 1 is 1.15 bits per heavy atom. The predicted molar refractivity (Wildman–Crippen MR) is 54.3 cm³/mol. The molecule has 0 spiro atoms. The van der Waals surface area contributed by atoms with Crippen LogP contribution in [0.25, 0.3) is 0 Å². The van der Waals surface area contributed by atoms with Crippen LogP contribution in [0.5, 0.6) is 0 Å². The van der Waals surface area contributed by atoms with Crippen LogP contribution in [-0.2, 0) is 0 Å². The van der Waals surface area contributed by atoms with Gasteiger partial charge in [0, 0.05) is 23.4 Å². The lowest BCUT2D eigenvalue weighted by Crippen LogP contribution is -2.62. The highest BCUT2D eigenvalue weighted by atomic mass is 14.8. The third-order valence-electron chi connectivity index (χ3n) is 2.47. The van der Waals surface area contributed by atoms with Gasteiger partial charge in [-0.15, -0.1) is 0 Å². The van der Waals surface area contributed by atoms with E-state index in [0.717, 1.165) is 13.8 Å². The lowest BCUT2D eigenvalue weighted by atomic mass is 9.43. The van der Waals surface area contributed by atoms with Crippen LogP contribution in [0.1, 0.15) is 69.9 Å². The van der Waals surface area contributed by atoms with Gasteiger partial charge in [0.15, 0.2) is 0 Å². The summed E-state index contributed by atoms with van der Waals surface area (Å²) in [6.07, 6.45) is -19.9. The Morgan fingerprint density at radius 2 is 1.69 bits per heavy atom. The zero-order chi connectivity index (χ0) is 21.0. The highest BCUT2D eigenvalue weighted by molar-refractivity contribution is 5.12. The molecule has 4 saturated carbocycles. The maximum atomic E-state index is 8.62. The third-order valence-corrected chi connectivity index (χ3v) is 2.47. The molecule has 4 aliphatic rings. The van der Waals surface area contributed by atoms with Gasteiger partial charge < -0.3 is 5.73 Å². The van der Waals surface area contributed by atoms with Crippen molar-refractivity contribution in [2.24, 2.45) is 22.5 Å². The third kappa shape index (κ3) is 1.09. The van der Waals surface area contributed by atoms with Crippen LogP contribution in [0.4, 0.5) is 0 Å². The number of nitrogens with two attached hydrogens (primary N) is 1. The van der Waals surface area contributed by atoms with E-state index in [1.165, 1.54) is 0 Å². The maximum Gasteiger partial charge on any atom is 0.0304 e. The molecule has 2 N–H and O–H groups in total. The molecule has 0 aromatic heterocycles. The fourth-order valence-electron chi connectivity index (χ4n) is 2.36. The van der Waals surface area contributed by atoms with Crippen molar-refractivity contribution in [2.75, 3.05) is 0 Å². The summed E-state index contributed by atoms with van der Waals surface area (Å²) in [6.45, 7) is 1.69.